The van der Waals surface area contributed by atoms with Gasteiger partial charge >= 0.3 is 5.97 Å². The molecule has 2 aromatic carbocycles. The lowest BCUT2D eigenvalue weighted by Crippen LogP contribution is -2.41. The molecule has 0 aromatic heterocycles. The lowest BCUT2D eigenvalue weighted by Gasteiger charge is -2.16. The van der Waals surface area contributed by atoms with Gasteiger partial charge in [-0.1, -0.05) is 17.7 Å². The number of carboxylic acid groups (broad SMARTS) is 1. The van der Waals surface area contributed by atoms with Gasteiger partial charge in [-0.3, -0.25) is 19.8 Å². The third-order valence-corrected chi connectivity index (χ3v) is 6.12. The van der Waals surface area contributed by atoms with E-state index in [1.165, 1.54) is 29.2 Å². The molecular weight excluding hydrogens is 410 g/mol. The average Bonchev–Trinajstić information content (AvgIpc) is 3.08. The highest BCUT2D eigenvalue weighted by molar-refractivity contribution is 7.89. The van der Waals surface area contributed by atoms with E-state index in [1.807, 2.05) is 17.8 Å². The Morgan fingerprint density at radius 3 is 2.33 bits per heavy atom. The first kappa shape index (κ1) is 21.5. The van der Waals surface area contributed by atoms with E-state index in [4.69, 9.17) is 5.11 Å². The minimum atomic E-state index is -4.04. The first-order valence-corrected chi connectivity index (χ1v) is 10.6. The summed E-state index contributed by atoms with van der Waals surface area (Å²) < 4.78 is 24.9. The fraction of sp³-hybridized carbons (Fsp3) is 0.250. The van der Waals surface area contributed by atoms with Crippen LogP contribution in [0.2, 0.25) is 0 Å². The van der Waals surface area contributed by atoms with Gasteiger partial charge in [-0.25, -0.2) is 8.42 Å². The summed E-state index contributed by atoms with van der Waals surface area (Å²) in [4.78, 5) is 38.6. The Bertz CT molecular complexity index is 1110. The van der Waals surface area contributed by atoms with Crippen LogP contribution in [0.5, 0.6) is 0 Å². The normalized spacial score (nSPS) is 16.5. The molecule has 0 radical (unpaired) electrons. The number of benzene rings is 2. The van der Waals surface area contributed by atoms with Crippen LogP contribution < -0.4 is 15.2 Å². The lowest BCUT2D eigenvalue weighted by molar-refractivity contribution is -0.141. The largest absolute Gasteiger partial charge is 0.481 e. The van der Waals surface area contributed by atoms with Crippen LogP contribution in [-0.2, 0) is 19.6 Å². The Balaban J connectivity index is 1.69. The highest BCUT2D eigenvalue weighted by Gasteiger charge is 2.35. The minimum absolute atomic E-state index is 0.0322. The number of hydrogen-bond acceptors (Lipinski definition) is 5. The molecule has 3 N–H and O–H groups in total. The van der Waals surface area contributed by atoms with Crippen molar-refractivity contribution in [1.29, 1.82) is 0 Å². The quantitative estimate of drug-likeness (QED) is 0.592. The van der Waals surface area contributed by atoms with Gasteiger partial charge < -0.3 is 10.0 Å². The predicted molar refractivity (Wildman–Crippen MR) is 108 cm³/mol. The van der Waals surface area contributed by atoms with Crippen LogP contribution >= 0.6 is 0 Å². The molecule has 1 aliphatic heterocycles. The van der Waals surface area contributed by atoms with Crippen molar-refractivity contribution in [2.24, 2.45) is 5.92 Å². The maximum absolute atomic E-state index is 12.5. The Hall–Kier alpha value is -3.24. The summed E-state index contributed by atoms with van der Waals surface area (Å²) in [5, 5.41) is 9.06. The molecular formula is C20H21N3O6S. The molecule has 30 heavy (non-hydrogen) atoms. The number of carbonyl (C=O) groups is 3. The molecule has 1 atom stereocenters. The Labute approximate surface area is 173 Å². The molecule has 1 heterocycles. The van der Waals surface area contributed by atoms with Crippen molar-refractivity contribution in [3.8, 4) is 0 Å². The number of nitrogens with one attached hydrogen (secondary N) is 2. The summed E-state index contributed by atoms with van der Waals surface area (Å²) in [6.45, 7) is 3.67. The van der Waals surface area contributed by atoms with Crippen LogP contribution in [0.1, 0.15) is 27.9 Å². The number of rotatable bonds is 6. The molecule has 1 unspecified atom stereocenters. The van der Waals surface area contributed by atoms with Crippen molar-refractivity contribution in [3.05, 3.63) is 59.2 Å². The van der Waals surface area contributed by atoms with Crippen molar-refractivity contribution in [2.75, 3.05) is 11.4 Å². The van der Waals surface area contributed by atoms with E-state index >= 15 is 0 Å². The molecule has 1 saturated heterocycles. The second-order valence-electron chi connectivity index (χ2n) is 7.12. The van der Waals surface area contributed by atoms with Gasteiger partial charge in [0.15, 0.2) is 0 Å². The van der Waals surface area contributed by atoms with Crippen molar-refractivity contribution >= 4 is 33.5 Å². The van der Waals surface area contributed by atoms with Crippen LogP contribution in [0, 0.1) is 19.8 Å². The Morgan fingerprint density at radius 1 is 1.10 bits per heavy atom. The first-order chi connectivity index (χ1) is 14.1. The van der Waals surface area contributed by atoms with Crippen LogP contribution in [0.3, 0.4) is 0 Å². The number of aliphatic carboxylic acids is 1. The van der Waals surface area contributed by atoms with Crippen LogP contribution in [0.4, 0.5) is 5.69 Å². The van der Waals surface area contributed by atoms with Gasteiger partial charge in [0.25, 0.3) is 15.9 Å². The van der Waals surface area contributed by atoms with E-state index in [1.54, 1.807) is 19.1 Å². The van der Waals surface area contributed by atoms with E-state index in [0.29, 0.717) is 16.8 Å². The van der Waals surface area contributed by atoms with Crippen molar-refractivity contribution < 1.29 is 27.9 Å². The molecule has 2 amide bonds. The highest BCUT2D eigenvalue weighted by atomic mass is 32.2. The summed E-state index contributed by atoms with van der Waals surface area (Å²) >= 11 is 0. The summed E-state index contributed by atoms with van der Waals surface area (Å²) in [6.07, 6.45) is -0.0958. The fourth-order valence-electron chi connectivity index (χ4n) is 3.24. The van der Waals surface area contributed by atoms with Crippen LogP contribution in [0.15, 0.2) is 47.4 Å². The van der Waals surface area contributed by atoms with E-state index < -0.39 is 27.8 Å². The van der Waals surface area contributed by atoms with Crippen molar-refractivity contribution in [2.45, 2.75) is 25.2 Å². The fourth-order valence-corrected chi connectivity index (χ4v) is 4.08. The second-order valence-corrected chi connectivity index (χ2v) is 8.80. The minimum Gasteiger partial charge on any atom is -0.481 e. The van der Waals surface area contributed by atoms with Gasteiger partial charge in [-0.15, -0.1) is 4.83 Å². The SMILES string of the molecule is Cc1ccc(C(=O)NNS(=O)(=O)c2ccc(N3CC(C(=O)O)CC3=O)cc2)c(C)c1. The number of hydrogen-bond donors (Lipinski definition) is 3. The number of nitrogens with zero attached hydrogens (tertiary/aromatic N) is 1. The number of carboxylic acids is 1. The number of amides is 2. The molecule has 1 aliphatic rings. The molecule has 9 nitrogen and oxygen atoms in total. The maximum Gasteiger partial charge on any atom is 0.308 e. The summed E-state index contributed by atoms with van der Waals surface area (Å²) in [5.74, 6) is -2.76. The number of anilines is 1. The zero-order chi connectivity index (χ0) is 22.1. The van der Waals surface area contributed by atoms with Crippen molar-refractivity contribution in [1.82, 2.24) is 10.3 Å². The monoisotopic (exact) mass is 431 g/mol. The number of hydrazine groups is 1. The summed E-state index contributed by atoms with van der Waals surface area (Å²) in [7, 11) is -4.04. The van der Waals surface area contributed by atoms with Crippen molar-refractivity contribution in [3.63, 3.8) is 0 Å². The van der Waals surface area contributed by atoms with Gasteiger partial charge in [-0.05, 0) is 49.7 Å². The van der Waals surface area contributed by atoms with E-state index in [-0.39, 0.29) is 23.8 Å². The third-order valence-electron chi connectivity index (χ3n) is 4.86. The molecule has 3 rings (SSSR count). The molecule has 2 aromatic rings. The van der Waals surface area contributed by atoms with Gasteiger partial charge in [0.2, 0.25) is 5.91 Å². The summed E-state index contributed by atoms with van der Waals surface area (Å²) in [5.41, 5.74) is 4.63. The zero-order valence-electron chi connectivity index (χ0n) is 16.4. The molecule has 1 fully saturated rings. The third kappa shape index (κ3) is 4.50. The molecule has 0 aliphatic carbocycles. The Kier molecular flexibility index (Phi) is 5.90. The first-order valence-electron chi connectivity index (χ1n) is 9.11. The van der Waals surface area contributed by atoms with Gasteiger partial charge in [-0.2, -0.15) is 0 Å². The van der Waals surface area contributed by atoms with E-state index in [2.05, 4.69) is 5.43 Å². The van der Waals surface area contributed by atoms with Crippen LogP contribution in [0.25, 0.3) is 0 Å². The van der Waals surface area contributed by atoms with Gasteiger partial charge in [0, 0.05) is 24.2 Å². The topological polar surface area (TPSA) is 133 Å². The molecule has 0 spiro atoms. The predicted octanol–water partition coefficient (Wildman–Crippen LogP) is 1.36. The summed E-state index contributed by atoms with van der Waals surface area (Å²) in [6, 6.07) is 10.6. The Morgan fingerprint density at radius 2 is 1.77 bits per heavy atom. The average molecular weight is 431 g/mol. The van der Waals surface area contributed by atoms with E-state index in [9.17, 15) is 22.8 Å². The molecule has 10 heteroatoms. The zero-order valence-corrected chi connectivity index (χ0v) is 17.2. The lowest BCUT2D eigenvalue weighted by atomic mass is 10.1. The van der Waals surface area contributed by atoms with Gasteiger partial charge in [0.1, 0.15) is 0 Å². The van der Waals surface area contributed by atoms with Gasteiger partial charge in [0.05, 0.1) is 10.8 Å². The molecule has 0 bridgehead atoms. The standard InChI is InChI=1S/C20H21N3O6S/c1-12-3-8-17(13(2)9-12)19(25)21-22-30(28,29)16-6-4-15(5-7-16)23-11-14(20(26)27)10-18(23)24/h3-9,14,22H,10-11H2,1-2H3,(H,21,25)(H,26,27). The smallest absolute Gasteiger partial charge is 0.308 e. The molecule has 0 saturated carbocycles. The number of aryl methyl sites for hydroxylation is 2. The number of sulfonamides is 1. The second kappa shape index (κ2) is 8.25. The van der Waals surface area contributed by atoms with E-state index in [0.717, 1.165) is 5.56 Å². The number of carbonyl (C=O) groups excluding carboxylic acids is 2. The highest BCUT2D eigenvalue weighted by Crippen LogP contribution is 2.26. The van der Waals surface area contributed by atoms with Crippen LogP contribution in [-0.4, -0.2) is 37.9 Å². The maximum atomic E-state index is 12.5. The molecule has 158 valence electrons.